The fourth-order valence-electron chi connectivity index (χ4n) is 4.20. The van der Waals surface area contributed by atoms with E-state index in [1.54, 1.807) is 13.2 Å². The number of nitrogens with zero attached hydrogens (tertiary/aromatic N) is 1. The first-order chi connectivity index (χ1) is 9.76. The second kappa shape index (κ2) is 4.43. The first kappa shape index (κ1) is 12.6. The number of hydroxylamine groups is 1. The number of hydrogen-bond acceptors (Lipinski definition) is 5. The highest BCUT2D eigenvalue weighted by atomic mass is 16.8. The molecule has 1 aromatic carbocycles. The van der Waals surface area contributed by atoms with E-state index >= 15 is 0 Å². The topological polar surface area (TPSA) is 54.0 Å². The quantitative estimate of drug-likeness (QED) is 0.855. The number of hydrogen-bond donors (Lipinski definition) is 2. The summed E-state index contributed by atoms with van der Waals surface area (Å²) in [4.78, 5) is 8.36. The predicted molar refractivity (Wildman–Crippen MR) is 72.9 cm³/mol. The summed E-state index contributed by atoms with van der Waals surface area (Å²) >= 11 is 0. The van der Waals surface area contributed by atoms with E-state index in [4.69, 9.17) is 9.57 Å². The van der Waals surface area contributed by atoms with Crippen LogP contribution in [-0.4, -0.2) is 42.0 Å². The van der Waals surface area contributed by atoms with Gasteiger partial charge < -0.3 is 9.84 Å². The van der Waals surface area contributed by atoms with Crippen LogP contribution >= 0.6 is 0 Å². The lowest BCUT2D eigenvalue weighted by molar-refractivity contribution is -0.298. The largest absolute Gasteiger partial charge is 0.508 e. The summed E-state index contributed by atoms with van der Waals surface area (Å²) in [5.41, 5.74) is 4.00. The van der Waals surface area contributed by atoms with Crippen LogP contribution in [-0.2, 0) is 9.57 Å². The van der Waals surface area contributed by atoms with Crippen molar-refractivity contribution in [1.82, 2.24) is 10.4 Å². The normalized spacial score (nSPS) is 42.6. The van der Waals surface area contributed by atoms with E-state index in [2.05, 4.69) is 10.4 Å². The lowest BCUT2D eigenvalue weighted by Crippen LogP contribution is -2.65. The van der Waals surface area contributed by atoms with Crippen LogP contribution < -0.4 is 5.48 Å². The Kier molecular flexibility index (Phi) is 2.79. The van der Waals surface area contributed by atoms with Gasteiger partial charge in [-0.15, -0.1) is 0 Å². The van der Waals surface area contributed by atoms with Crippen LogP contribution in [0.5, 0.6) is 5.75 Å². The van der Waals surface area contributed by atoms with Gasteiger partial charge in [0.25, 0.3) is 0 Å². The third kappa shape index (κ3) is 1.52. The number of benzene rings is 1. The number of methoxy groups -OCH3 is 1. The van der Waals surface area contributed by atoms with Crippen molar-refractivity contribution in [2.24, 2.45) is 5.92 Å². The Morgan fingerprint density at radius 2 is 2.10 bits per heavy atom. The van der Waals surface area contributed by atoms with Gasteiger partial charge in [0.15, 0.2) is 0 Å². The van der Waals surface area contributed by atoms with E-state index in [9.17, 15) is 5.11 Å². The number of piperidine rings is 3. The lowest BCUT2D eigenvalue weighted by atomic mass is 9.74. The zero-order valence-electron chi connectivity index (χ0n) is 11.6. The van der Waals surface area contributed by atoms with Crippen molar-refractivity contribution in [3.63, 3.8) is 0 Å². The van der Waals surface area contributed by atoms with Crippen LogP contribution in [0.2, 0.25) is 0 Å². The fourth-order valence-corrected chi connectivity index (χ4v) is 4.20. The number of ether oxygens (including phenoxy) is 1. The van der Waals surface area contributed by atoms with Crippen molar-refractivity contribution in [3.05, 3.63) is 29.8 Å². The van der Waals surface area contributed by atoms with E-state index in [0.29, 0.717) is 11.7 Å². The molecule has 4 saturated heterocycles. The highest BCUT2D eigenvalue weighted by molar-refractivity contribution is 5.37. The van der Waals surface area contributed by atoms with Gasteiger partial charge in [-0.25, -0.2) is 0 Å². The molecule has 108 valence electrons. The molecule has 0 spiro atoms. The Morgan fingerprint density at radius 1 is 1.35 bits per heavy atom. The molecule has 0 saturated carbocycles. The maximum atomic E-state index is 10.1. The molecule has 0 aliphatic carbocycles. The van der Waals surface area contributed by atoms with Gasteiger partial charge in [-0.05, 0) is 32.0 Å². The van der Waals surface area contributed by atoms with Gasteiger partial charge in [0, 0.05) is 18.6 Å². The van der Waals surface area contributed by atoms with E-state index in [0.717, 1.165) is 31.5 Å². The molecule has 2 N–H and O–H groups in total. The maximum Gasteiger partial charge on any atom is 0.207 e. The number of rotatable bonds is 2. The molecular weight excluding hydrogens is 256 g/mol. The average molecular weight is 276 g/mol. The zero-order valence-corrected chi connectivity index (χ0v) is 11.6. The molecule has 5 rings (SSSR count). The van der Waals surface area contributed by atoms with E-state index < -0.39 is 5.79 Å². The number of fused-ring (bicyclic) bond motifs is 2. The maximum absolute atomic E-state index is 10.1. The summed E-state index contributed by atoms with van der Waals surface area (Å²) in [7, 11) is 1.73. The Morgan fingerprint density at radius 3 is 2.80 bits per heavy atom. The van der Waals surface area contributed by atoms with Crippen molar-refractivity contribution in [3.8, 4) is 5.75 Å². The molecule has 1 aromatic rings. The van der Waals surface area contributed by atoms with Gasteiger partial charge in [-0.1, -0.05) is 18.2 Å². The second-order valence-corrected chi connectivity index (χ2v) is 5.94. The van der Waals surface area contributed by atoms with Crippen LogP contribution in [0, 0.1) is 5.92 Å². The molecule has 3 atom stereocenters. The summed E-state index contributed by atoms with van der Waals surface area (Å²) in [6.45, 7) is 2.16. The number of para-hydroxylation sites is 1. The molecule has 20 heavy (non-hydrogen) atoms. The zero-order chi connectivity index (χ0) is 13.7. The molecule has 0 amide bonds. The van der Waals surface area contributed by atoms with Crippen molar-refractivity contribution >= 4 is 0 Å². The first-order valence-electron chi connectivity index (χ1n) is 7.27. The first-order valence-corrected chi connectivity index (χ1v) is 7.27. The van der Waals surface area contributed by atoms with Gasteiger partial charge in [0.1, 0.15) is 5.75 Å². The summed E-state index contributed by atoms with van der Waals surface area (Å²) in [6, 6.07) is 7.52. The average Bonchev–Trinajstić information content (AvgIpc) is 2.92. The molecular formula is C15H20N2O3. The standard InChI is InChI=1S/C15H20N2O3/c1-19-15-10-6-8-17(9-7-10)14(15)13(16-20-15)11-4-2-3-5-12(11)18/h2-5,10,13-14,16,18H,6-9H2,1H3. The van der Waals surface area contributed by atoms with Gasteiger partial charge in [-0.2, -0.15) is 5.48 Å². The fraction of sp³-hybridized carbons (Fsp3) is 0.600. The third-order valence-corrected chi connectivity index (χ3v) is 5.16. The smallest absolute Gasteiger partial charge is 0.207 e. The number of nitrogens with one attached hydrogen (secondary N) is 1. The summed E-state index contributed by atoms with van der Waals surface area (Å²) in [5, 5.41) is 10.1. The van der Waals surface area contributed by atoms with Gasteiger partial charge in [0.2, 0.25) is 5.79 Å². The molecule has 4 aliphatic rings. The Labute approximate surface area is 118 Å². The molecule has 3 unspecified atom stereocenters. The van der Waals surface area contributed by atoms with Gasteiger partial charge in [-0.3, -0.25) is 9.74 Å². The second-order valence-electron chi connectivity index (χ2n) is 5.94. The molecule has 4 heterocycles. The highest BCUT2D eigenvalue weighted by Gasteiger charge is 2.63. The number of phenolic OH excluding ortho intramolecular Hbond substituents is 1. The monoisotopic (exact) mass is 276 g/mol. The Bertz CT molecular complexity index is 516. The molecule has 4 aliphatic heterocycles. The molecule has 4 fully saturated rings. The van der Waals surface area contributed by atoms with Crippen molar-refractivity contribution in [2.75, 3.05) is 20.2 Å². The highest BCUT2D eigenvalue weighted by Crippen LogP contribution is 2.51. The molecule has 0 aromatic heterocycles. The molecule has 5 nitrogen and oxygen atoms in total. The minimum Gasteiger partial charge on any atom is -0.508 e. The minimum absolute atomic E-state index is 0.0563. The number of phenols is 1. The summed E-state index contributed by atoms with van der Waals surface area (Å²) in [6.07, 6.45) is 2.22. The van der Waals surface area contributed by atoms with Gasteiger partial charge >= 0.3 is 0 Å². The molecule has 0 radical (unpaired) electrons. The van der Waals surface area contributed by atoms with Gasteiger partial charge in [0.05, 0.1) is 12.1 Å². The predicted octanol–water partition coefficient (Wildman–Crippen LogP) is 1.41. The summed E-state index contributed by atoms with van der Waals surface area (Å²) in [5.74, 6) is 0.151. The SMILES string of the molecule is COC12ONC(c3ccccc3O)C1N1CCC2CC1. The molecule has 2 bridgehead atoms. The van der Waals surface area contributed by atoms with Crippen molar-refractivity contribution < 1.29 is 14.7 Å². The lowest BCUT2D eigenvalue weighted by Gasteiger charge is -2.53. The van der Waals surface area contributed by atoms with Crippen LogP contribution in [0.25, 0.3) is 0 Å². The van der Waals surface area contributed by atoms with Crippen LogP contribution in [0.3, 0.4) is 0 Å². The van der Waals surface area contributed by atoms with Crippen LogP contribution in [0.15, 0.2) is 24.3 Å². The number of aromatic hydroxyl groups is 1. The Hall–Kier alpha value is -1.14. The van der Waals surface area contributed by atoms with Crippen LogP contribution in [0.4, 0.5) is 0 Å². The van der Waals surface area contributed by atoms with Crippen molar-refractivity contribution in [1.29, 1.82) is 0 Å². The van der Waals surface area contributed by atoms with E-state index in [-0.39, 0.29) is 12.1 Å². The minimum atomic E-state index is -0.580. The van der Waals surface area contributed by atoms with Crippen molar-refractivity contribution in [2.45, 2.75) is 30.7 Å². The van der Waals surface area contributed by atoms with E-state index in [1.165, 1.54) is 0 Å². The summed E-state index contributed by atoms with van der Waals surface area (Å²) < 4.78 is 5.82. The van der Waals surface area contributed by atoms with E-state index in [1.807, 2.05) is 18.2 Å². The third-order valence-electron chi connectivity index (χ3n) is 5.16. The van der Waals surface area contributed by atoms with Crippen LogP contribution in [0.1, 0.15) is 24.4 Å². The molecule has 5 heteroatoms. The Balaban J connectivity index is 1.76.